The first-order valence-corrected chi connectivity index (χ1v) is 7.54. The second kappa shape index (κ2) is 6.57. The molecule has 0 aliphatic rings. The third kappa shape index (κ3) is 4.13. The van der Waals surface area contributed by atoms with E-state index in [1.54, 1.807) is 6.92 Å². The minimum atomic E-state index is -4.36. The van der Waals surface area contributed by atoms with Crippen LogP contribution in [0.5, 0.6) is 0 Å². The summed E-state index contributed by atoms with van der Waals surface area (Å²) < 4.78 is 37.6. The highest BCUT2D eigenvalue weighted by molar-refractivity contribution is 8.13. The van der Waals surface area contributed by atoms with Gasteiger partial charge in [0.15, 0.2) is 0 Å². The molecule has 0 heterocycles. The van der Waals surface area contributed by atoms with Crippen LogP contribution < -0.4 is 0 Å². The molecule has 0 bridgehead atoms. The second-order valence-corrected chi connectivity index (χ2v) is 6.15. The van der Waals surface area contributed by atoms with Gasteiger partial charge in [0.1, 0.15) is 0 Å². The van der Waals surface area contributed by atoms with Crippen molar-refractivity contribution in [3.63, 3.8) is 0 Å². The van der Waals surface area contributed by atoms with Gasteiger partial charge in [-0.2, -0.15) is 13.2 Å². The number of thioether (sulfide) groups is 1. The molecule has 2 aromatic rings. The van der Waals surface area contributed by atoms with E-state index in [2.05, 4.69) is 0 Å². The SMILES string of the molecule is Cc1ccc(SC(=O)C(C)c2ccc(C(F)(F)F)cc2)cc1. The smallest absolute Gasteiger partial charge is 0.286 e. The molecule has 0 fully saturated rings. The highest BCUT2D eigenvalue weighted by atomic mass is 32.2. The van der Waals surface area contributed by atoms with E-state index in [-0.39, 0.29) is 5.12 Å². The van der Waals surface area contributed by atoms with Crippen LogP contribution in [0.15, 0.2) is 53.4 Å². The molecule has 2 rings (SSSR count). The Morgan fingerprint density at radius 2 is 1.55 bits per heavy atom. The molecule has 0 aromatic heterocycles. The molecule has 0 amide bonds. The molecule has 0 saturated heterocycles. The van der Waals surface area contributed by atoms with Gasteiger partial charge in [0.25, 0.3) is 0 Å². The fraction of sp³-hybridized carbons (Fsp3) is 0.235. The van der Waals surface area contributed by atoms with Gasteiger partial charge in [0, 0.05) is 4.90 Å². The topological polar surface area (TPSA) is 17.1 Å². The number of carbonyl (C=O) groups excluding carboxylic acids is 1. The molecule has 0 N–H and O–H groups in total. The monoisotopic (exact) mass is 324 g/mol. The van der Waals surface area contributed by atoms with Crippen molar-refractivity contribution < 1.29 is 18.0 Å². The fourth-order valence-corrected chi connectivity index (χ4v) is 2.73. The third-order valence-corrected chi connectivity index (χ3v) is 4.39. The van der Waals surface area contributed by atoms with Crippen molar-refractivity contribution in [1.29, 1.82) is 0 Å². The molecule has 0 aliphatic carbocycles. The Hall–Kier alpha value is -1.75. The summed E-state index contributed by atoms with van der Waals surface area (Å²) in [4.78, 5) is 13.0. The molecular formula is C17H15F3OS. The van der Waals surface area contributed by atoms with Crippen LogP contribution in [0.1, 0.15) is 29.5 Å². The number of benzene rings is 2. The molecule has 0 saturated carbocycles. The summed E-state index contributed by atoms with van der Waals surface area (Å²) in [5.41, 5.74) is 0.979. The lowest BCUT2D eigenvalue weighted by Crippen LogP contribution is -2.07. The van der Waals surface area contributed by atoms with Crippen LogP contribution in [-0.2, 0) is 11.0 Å². The van der Waals surface area contributed by atoms with Crippen LogP contribution in [0.2, 0.25) is 0 Å². The van der Waals surface area contributed by atoms with Gasteiger partial charge in [-0.1, -0.05) is 48.5 Å². The molecule has 2 aromatic carbocycles. The second-order valence-electron chi connectivity index (χ2n) is 5.08. The molecule has 0 aliphatic heterocycles. The summed E-state index contributed by atoms with van der Waals surface area (Å²) in [6, 6.07) is 12.3. The van der Waals surface area contributed by atoms with Crippen molar-refractivity contribution in [3.8, 4) is 0 Å². The number of halogens is 3. The third-order valence-electron chi connectivity index (χ3n) is 3.33. The zero-order valence-electron chi connectivity index (χ0n) is 12.1. The normalized spacial score (nSPS) is 13.0. The zero-order valence-corrected chi connectivity index (χ0v) is 13.0. The van der Waals surface area contributed by atoms with Crippen molar-refractivity contribution >= 4 is 16.9 Å². The Labute approximate surface area is 131 Å². The maximum absolute atomic E-state index is 12.5. The van der Waals surface area contributed by atoms with Crippen molar-refractivity contribution in [2.45, 2.75) is 30.8 Å². The predicted octanol–water partition coefficient (Wildman–Crippen LogP) is 5.44. The molecular weight excluding hydrogens is 309 g/mol. The first kappa shape index (κ1) is 16.6. The maximum atomic E-state index is 12.5. The average molecular weight is 324 g/mol. The van der Waals surface area contributed by atoms with Crippen molar-refractivity contribution in [2.24, 2.45) is 0 Å². The predicted molar refractivity (Wildman–Crippen MR) is 81.9 cm³/mol. The molecule has 5 heteroatoms. The molecule has 1 unspecified atom stereocenters. The van der Waals surface area contributed by atoms with E-state index in [0.29, 0.717) is 5.56 Å². The molecule has 1 atom stereocenters. The van der Waals surface area contributed by atoms with Gasteiger partial charge in [0.2, 0.25) is 5.12 Å². The van der Waals surface area contributed by atoms with Crippen molar-refractivity contribution in [1.82, 2.24) is 0 Å². The summed E-state index contributed by atoms with van der Waals surface area (Å²) in [7, 11) is 0. The molecule has 0 spiro atoms. The number of alkyl halides is 3. The fourth-order valence-electron chi connectivity index (χ4n) is 1.91. The van der Waals surface area contributed by atoms with Gasteiger partial charge in [-0.15, -0.1) is 0 Å². The Balaban J connectivity index is 2.08. The van der Waals surface area contributed by atoms with Crippen LogP contribution in [0.25, 0.3) is 0 Å². The number of hydrogen-bond acceptors (Lipinski definition) is 2. The lowest BCUT2D eigenvalue weighted by Gasteiger charge is -2.12. The number of rotatable bonds is 3. The van der Waals surface area contributed by atoms with E-state index in [1.807, 2.05) is 31.2 Å². The van der Waals surface area contributed by atoms with Gasteiger partial charge in [-0.25, -0.2) is 0 Å². The highest BCUT2D eigenvalue weighted by Crippen LogP contribution is 2.32. The molecule has 116 valence electrons. The van der Waals surface area contributed by atoms with Crippen molar-refractivity contribution in [3.05, 3.63) is 65.2 Å². The minimum absolute atomic E-state index is 0.0939. The largest absolute Gasteiger partial charge is 0.416 e. The van der Waals surface area contributed by atoms with Crippen LogP contribution in [0.4, 0.5) is 13.2 Å². The van der Waals surface area contributed by atoms with Gasteiger partial charge < -0.3 is 0 Å². The number of carbonyl (C=O) groups is 1. The first-order valence-electron chi connectivity index (χ1n) is 6.73. The molecule has 1 nitrogen and oxygen atoms in total. The summed E-state index contributed by atoms with van der Waals surface area (Å²) in [6.45, 7) is 3.66. The lowest BCUT2D eigenvalue weighted by atomic mass is 10.0. The Bertz CT molecular complexity index is 645. The highest BCUT2D eigenvalue weighted by Gasteiger charge is 2.30. The van der Waals surface area contributed by atoms with Crippen LogP contribution in [0.3, 0.4) is 0 Å². The van der Waals surface area contributed by atoms with E-state index in [0.717, 1.165) is 34.4 Å². The van der Waals surface area contributed by atoms with E-state index in [4.69, 9.17) is 0 Å². The number of aryl methyl sites for hydroxylation is 1. The average Bonchev–Trinajstić information content (AvgIpc) is 2.48. The van der Waals surface area contributed by atoms with Gasteiger partial charge in [0.05, 0.1) is 11.5 Å². The summed E-state index contributed by atoms with van der Waals surface area (Å²) >= 11 is 1.10. The summed E-state index contributed by atoms with van der Waals surface area (Å²) in [5.74, 6) is -0.464. The Morgan fingerprint density at radius 3 is 2.05 bits per heavy atom. The van der Waals surface area contributed by atoms with Crippen LogP contribution in [0, 0.1) is 6.92 Å². The lowest BCUT2D eigenvalue weighted by molar-refractivity contribution is -0.137. The molecule has 0 radical (unpaired) electrons. The van der Waals surface area contributed by atoms with Gasteiger partial charge >= 0.3 is 6.18 Å². The van der Waals surface area contributed by atoms with Crippen molar-refractivity contribution in [2.75, 3.05) is 0 Å². The Morgan fingerprint density at radius 1 is 1.00 bits per heavy atom. The first-order chi connectivity index (χ1) is 10.3. The van der Waals surface area contributed by atoms with E-state index >= 15 is 0 Å². The van der Waals surface area contributed by atoms with Gasteiger partial charge in [-0.05, 0) is 36.8 Å². The van der Waals surface area contributed by atoms with E-state index < -0.39 is 17.7 Å². The molecule has 22 heavy (non-hydrogen) atoms. The quantitative estimate of drug-likeness (QED) is 0.700. The van der Waals surface area contributed by atoms with E-state index in [9.17, 15) is 18.0 Å². The van der Waals surface area contributed by atoms with Crippen LogP contribution in [-0.4, -0.2) is 5.12 Å². The van der Waals surface area contributed by atoms with Gasteiger partial charge in [-0.3, -0.25) is 4.79 Å². The maximum Gasteiger partial charge on any atom is 0.416 e. The standard InChI is InChI=1S/C17H15F3OS/c1-11-3-9-15(10-4-11)22-16(21)12(2)13-5-7-14(8-6-13)17(18,19)20/h3-10,12H,1-2H3. The zero-order chi connectivity index (χ0) is 16.3. The minimum Gasteiger partial charge on any atom is -0.286 e. The number of hydrogen-bond donors (Lipinski definition) is 0. The Kier molecular flexibility index (Phi) is 4.96. The summed E-state index contributed by atoms with van der Waals surface area (Å²) in [6.07, 6.45) is -4.36. The van der Waals surface area contributed by atoms with E-state index in [1.165, 1.54) is 12.1 Å². The summed E-state index contributed by atoms with van der Waals surface area (Å²) in [5, 5.41) is -0.0939. The van der Waals surface area contributed by atoms with Crippen LogP contribution >= 0.6 is 11.8 Å².